The van der Waals surface area contributed by atoms with Crippen LogP contribution in [-0.2, 0) is 16.0 Å². The van der Waals surface area contributed by atoms with Crippen LogP contribution in [0.2, 0.25) is 0 Å². The number of benzene rings is 4. The van der Waals surface area contributed by atoms with Gasteiger partial charge in [-0.1, -0.05) is 6.07 Å². The van der Waals surface area contributed by atoms with Gasteiger partial charge in [0.1, 0.15) is 0 Å². The first-order valence-electron chi connectivity index (χ1n) is 13.1. The molecular formula is C32H17FeN8. The minimum atomic E-state index is 0.573. The summed E-state index contributed by atoms with van der Waals surface area (Å²) in [4.78, 5) is 36.8. The van der Waals surface area contributed by atoms with E-state index >= 15 is 0 Å². The third kappa shape index (κ3) is 3.34. The van der Waals surface area contributed by atoms with Crippen LogP contribution in [0, 0.1) is 0 Å². The van der Waals surface area contributed by atoms with Crippen LogP contribution >= 0.6 is 0 Å². The monoisotopic (exact) mass is 569 g/mol. The van der Waals surface area contributed by atoms with Gasteiger partial charge in [-0.2, -0.15) is 0 Å². The van der Waals surface area contributed by atoms with Crippen LogP contribution in [0.1, 0.15) is 0 Å². The van der Waals surface area contributed by atoms with Gasteiger partial charge in [-0.3, -0.25) is 0 Å². The average Bonchev–Trinajstić information content (AvgIpc) is 3.73. The average molecular weight is 569 g/mol. The molecule has 9 heteroatoms. The molecule has 41 heavy (non-hydrogen) atoms. The van der Waals surface area contributed by atoms with E-state index in [0.29, 0.717) is 45.9 Å². The van der Waals surface area contributed by atoms with Crippen molar-refractivity contribution >= 4 is 48.6 Å². The number of fused-ring (bicyclic) bond motifs is 20. The fourth-order valence-electron chi connectivity index (χ4n) is 5.64. The van der Waals surface area contributed by atoms with E-state index < -0.39 is 0 Å². The summed E-state index contributed by atoms with van der Waals surface area (Å²) < 4.78 is 0.846. The van der Waals surface area contributed by atoms with Crippen molar-refractivity contribution in [1.29, 1.82) is 0 Å². The Balaban J connectivity index is 1.52. The number of nitrogens with zero attached hydrogens (tertiary/aromatic N) is 6. The Kier molecular flexibility index (Phi) is 4.61. The molecular weight excluding hydrogens is 552 g/mol. The van der Waals surface area contributed by atoms with Gasteiger partial charge in [-0.15, -0.1) is 0 Å². The van der Waals surface area contributed by atoms with Gasteiger partial charge in [0, 0.05) is 0 Å². The van der Waals surface area contributed by atoms with Gasteiger partial charge >= 0.3 is 235 Å². The first-order valence-corrected chi connectivity index (χ1v) is 13.6. The molecule has 2 aliphatic rings. The van der Waals surface area contributed by atoms with Gasteiger partial charge in [0.2, 0.25) is 0 Å². The first-order chi connectivity index (χ1) is 20.2. The van der Waals surface area contributed by atoms with E-state index in [2.05, 4.69) is 26.0 Å². The van der Waals surface area contributed by atoms with Crippen molar-refractivity contribution in [3.63, 3.8) is 0 Å². The van der Waals surface area contributed by atoms with Gasteiger partial charge in [-0.05, 0) is 0 Å². The van der Waals surface area contributed by atoms with Crippen LogP contribution < -0.4 is 4.46 Å². The summed E-state index contributed by atoms with van der Waals surface area (Å²) in [6, 6.07) is 30.1. The number of rotatable bonds is 0. The van der Waals surface area contributed by atoms with Crippen molar-refractivity contribution < 1.29 is 16.0 Å². The molecule has 0 atom stereocenters. The molecule has 0 amide bonds. The van der Waals surface area contributed by atoms with Crippen LogP contribution in [0.3, 0.4) is 0 Å². The molecule has 2 N–H and O–H groups in total. The van der Waals surface area contributed by atoms with Crippen LogP contribution in [-0.4, -0.2) is 39.9 Å². The predicted molar refractivity (Wildman–Crippen MR) is 156 cm³/mol. The van der Waals surface area contributed by atoms with Gasteiger partial charge < -0.3 is 0 Å². The molecule has 8 bridgehead atoms. The van der Waals surface area contributed by atoms with Crippen LogP contribution in [0.15, 0.2) is 91.0 Å². The molecule has 0 spiro atoms. The first kappa shape index (κ1) is 22.6. The molecule has 193 valence electrons. The van der Waals surface area contributed by atoms with Gasteiger partial charge in [-0.25, -0.2) is 0 Å². The summed E-state index contributed by atoms with van der Waals surface area (Å²) >= 11 is 4.29. The predicted octanol–water partition coefficient (Wildman–Crippen LogP) is 6.04. The third-order valence-electron chi connectivity index (χ3n) is 7.52. The van der Waals surface area contributed by atoms with Crippen LogP contribution in [0.25, 0.3) is 89.7 Å². The molecule has 0 radical (unpaired) electrons. The quantitative estimate of drug-likeness (QED) is 0.216. The summed E-state index contributed by atoms with van der Waals surface area (Å²) in [6.07, 6.45) is 0. The minimum absolute atomic E-state index is 0.573. The molecule has 0 unspecified atom stereocenters. The molecule has 0 aliphatic carbocycles. The molecule has 8 nitrogen and oxygen atoms in total. The molecule has 2 aliphatic heterocycles. The van der Waals surface area contributed by atoms with Crippen molar-refractivity contribution in [2.45, 2.75) is 0 Å². The second kappa shape index (κ2) is 8.38. The molecule has 7 aromatic rings. The maximum absolute atomic E-state index is 5.04. The normalized spacial score (nSPS) is 12.0. The SMILES string of the molecule is [Fe][c]1cccc2c3nc4nc(nc5[nH]c(nc6nc(nc([nH]3)c12)-c1ccccc1-6)c1ccccc51)-c1ccccc1-4. The van der Waals surface area contributed by atoms with Crippen molar-refractivity contribution in [1.82, 2.24) is 39.9 Å². The zero-order valence-corrected chi connectivity index (χ0v) is 22.3. The fourth-order valence-corrected chi connectivity index (χ4v) is 6.02. The van der Waals surface area contributed by atoms with E-state index in [9.17, 15) is 0 Å². The summed E-state index contributed by atoms with van der Waals surface area (Å²) in [5.41, 5.74) is 6.30. The number of H-pyrrole nitrogens is 2. The fraction of sp³-hybridized carbons (Fsp3) is 0. The number of aromatic amines is 2. The molecule has 3 aromatic heterocycles. The Morgan fingerprint density at radius 2 is 0.780 bits per heavy atom. The standard InChI is InChI=1S/C32H17N8.Fe/c1-2-10-18-17(9-1)25-33-26(18)38-28-21-13-5-6-14-22(21)30(35-28)40-32-24-16-8-7-15-23(24)31(36-32)39-29-20-12-4-3-11-19(20)27(34-29)37-25;/h1-15H,(H2,33,34,35,36,37,38,39,40);. The summed E-state index contributed by atoms with van der Waals surface area (Å²) in [5.74, 6) is 2.32. The van der Waals surface area contributed by atoms with Crippen molar-refractivity contribution in [3.05, 3.63) is 91.0 Å². The zero-order valence-electron chi connectivity index (χ0n) is 21.2. The van der Waals surface area contributed by atoms with E-state index in [4.69, 9.17) is 29.9 Å². The zero-order chi connectivity index (χ0) is 27.1. The van der Waals surface area contributed by atoms with Gasteiger partial charge in [0.15, 0.2) is 0 Å². The topological polar surface area (TPSA) is 109 Å². The van der Waals surface area contributed by atoms with Gasteiger partial charge in [0.05, 0.1) is 0 Å². The summed E-state index contributed by atoms with van der Waals surface area (Å²) in [7, 11) is 0. The van der Waals surface area contributed by atoms with Crippen molar-refractivity contribution in [2.75, 3.05) is 0 Å². The number of aromatic nitrogens is 8. The second-order valence-corrected chi connectivity index (χ2v) is 10.5. The Morgan fingerprint density at radius 3 is 1.29 bits per heavy atom. The number of nitrogens with one attached hydrogen (secondary N) is 2. The van der Waals surface area contributed by atoms with E-state index in [1.54, 1.807) is 0 Å². The van der Waals surface area contributed by atoms with Crippen molar-refractivity contribution in [3.8, 4) is 45.6 Å². The maximum atomic E-state index is 5.04. The van der Waals surface area contributed by atoms with Crippen LogP contribution in [0.4, 0.5) is 0 Å². The Bertz CT molecular complexity index is 2400. The molecule has 0 saturated heterocycles. The summed E-state index contributed by atoms with van der Waals surface area (Å²) in [5, 5.41) is 3.70. The third-order valence-corrected chi connectivity index (χ3v) is 7.98. The molecule has 0 saturated carbocycles. The van der Waals surface area contributed by atoms with E-state index in [1.807, 2.05) is 91.0 Å². The molecule has 0 fully saturated rings. The van der Waals surface area contributed by atoms with Gasteiger partial charge in [0.25, 0.3) is 0 Å². The van der Waals surface area contributed by atoms with E-state index in [1.165, 1.54) is 0 Å². The Labute approximate surface area is 240 Å². The van der Waals surface area contributed by atoms with E-state index in [-0.39, 0.29) is 0 Å². The molecule has 5 heterocycles. The number of hydrogen-bond donors (Lipinski definition) is 2. The van der Waals surface area contributed by atoms with Crippen molar-refractivity contribution in [2.24, 2.45) is 0 Å². The Hall–Kier alpha value is -5.24. The molecule has 9 rings (SSSR count). The summed E-state index contributed by atoms with van der Waals surface area (Å²) in [6.45, 7) is 0. The van der Waals surface area contributed by atoms with E-state index in [0.717, 1.165) is 48.3 Å². The Morgan fingerprint density at radius 1 is 0.390 bits per heavy atom. The second-order valence-electron chi connectivity index (χ2n) is 9.90. The molecule has 4 aromatic carbocycles. The number of hydrogen-bond acceptors (Lipinski definition) is 6. The van der Waals surface area contributed by atoms with Crippen LogP contribution in [0.5, 0.6) is 0 Å².